The first-order valence-electron chi connectivity index (χ1n) is 5.65. The lowest BCUT2D eigenvalue weighted by atomic mass is 9.90. The predicted molar refractivity (Wildman–Crippen MR) is 63.0 cm³/mol. The van der Waals surface area contributed by atoms with Crippen LogP contribution in [-0.2, 0) is 17.4 Å². The van der Waals surface area contributed by atoms with E-state index in [1.165, 1.54) is 12.1 Å². The van der Waals surface area contributed by atoms with Crippen molar-refractivity contribution >= 4 is 5.78 Å². The Morgan fingerprint density at radius 3 is 2.44 bits per heavy atom. The Morgan fingerprint density at radius 1 is 1.33 bits per heavy atom. The van der Waals surface area contributed by atoms with Crippen LogP contribution in [0.25, 0.3) is 0 Å². The fraction of sp³-hybridized carbons (Fsp3) is 0.462. The molecule has 0 saturated heterocycles. The number of carbonyl (C=O) groups excluding carboxylic acids is 1. The highest BCUT2D eigenvalue weighted by molar-refractivity contribution is 5.89. The SMILES string of the molecule is CCC(C)(N)C(=O)Cc1cccc(C(F)(F)F)c1. The maximum atomic E-state index is 12.5. The molecule has 1 unspecified atom stereocenters. The zero-order valence-corrected chi connectivity index (χ0v) is 10.3. The Bertz CT molecular complexity index is 438. The molecule has 2 nitrogen and oxygen atoms in total. The minimum atomic E-state index is -4.39. The van der Waals surface area contributed by atoms with Crippen molar-refractivity contribution < 1.29 is 18.0 Å². The molecule has 1 aromatic carbocycles. The summed E-state index contributed by atoms with van der Waals surface area (Å²) in [5, 5.41) is 0. The molecule has 0 aliphatic rings. The largest absolute Gasteiger partial charge is 0.416 e. The summed E-state index contributed by atoms with van der Waals surface area (Å²) in [6, 6.07) is 4.77. The van der Waals surface area contributed by atoms with E-state index in [0.29, 0.717) is 12.0 Å². The number of ketones is 1. The maximum Gasteiger partial charge on any atom is 0.416 e. The van der Waals surface area contributed by atoms with E-state index in [1.54, 1.807) is 13.8 Å². The van der Waals surface area contributed by atoms with Crippen LogP contribution in [0, 0.1) is 0 Å². The smallest absolute Gasteiger partial charge is 0.319 e. The summed E-state index contributed by atoms with van der Waals surface area (Å²) >= 11 is 0. The van der Waals surface area contributed by atoms with E-state index in [9.17, 15) is 18.0 Å². The molecule has 2 N–H and O–H groups in total. The number of carbonyl (C=O) groups is 1. The van der Waals surface area contributed by atoms with E-state index < -0.39 is 17.3 Å². The molecule has 0 saturated carbocycles. The van der Waals surface area contributed by atoms with Crippen LogP contribution in [0.4, 0.5) is 13.2 Å². The summed E-state index contributed by atoms with van der Waals surface area (Å²) in [5.74, 6) is -0.260. The van der Waals surface area contributed by atoms with Gasteiger partial charge in [0.25, 0.3) is 0 Å². The third-order valence-corrected chi connectivity index (χ3v) is 2.99. The normalized spacial score (nSPS) is 15.2. The van der Waals surface area contributed by atoms with Gasteiger partial charge in [-0.15, -0.1) is 0 Å². The van der Waals surface area contributed by atoms with Gasteiger partial charge in [0.1, 0.15) is 0 Å². The first-order valence-corrected chi connectivity index (χ1v) is 5.65. The molecular formula is C13H16F3NO. The van der Waals surface area contributed by atoms with Crippen LogP contribution < -0.4 is 5.73 Å². The molecule has 0 amide bonds. The molecule has 5 heteroatoms. The Morgan fingerprint density at radius 2 is 1.94 bits per heavy atom. The summed E-state index contributed by atoms with van der Waals surface area (Å²) in [6.45, 7) is 3.35. The fourth-order valence-electron chi connectivity index (χ4n) is 1.44. The quantitative estimate of drug-likeness (QED) is 0.903. The fourth-order valence-corrected chi connectivity index (χ4v) is 1.44. The number of alkyl halides is 3. The van der Waals surface area contributed by atoms with Crippen molar-refractivity contribution in [1.29, 1.82) is 0 Å². The molecule has 0 heterocycles. The average Bonchev–Trinajstić information content (AvgIpc) is 2.28. The monoisotopic (exact) mass is 259 g/mol. The molecule has 0 bridgehead atoms. The van der Waals surface area contributed by atoms with Crippen molar-refractivity contribution in [2.24, 2.45) is 5.73 Å². The van der Waals surface area contributed by atoms with E-state index in [4.69, 9.17) is 5.73 Å². The van der Waals surface area contributed by atoms with Crippen molar-refractivity contribution in [1.82, 2.24) is 0 Å². The molecule has 100 valence electrons. The van der Waals surface area contributed by atoms with Gasteiger partial charge in [-0.2, -0.15) is 13.2 Å². The van der Waals surface area contributed by atoms with Gasteiger partial charge in [-0.1, -0.05) is 25.1 Å². The van der Waals surface area contributed by atoms with E-state index >= 15 is 0 Å². The van der Waals surface area contributed by atoms with Crippen LogP contribution in [0.2, 0.25) is 0 Å². The van der Waals surface area contributed by atoms with E-state index in [1.807, 2.05) is 0 Å². The summed E-state index contributed by atoms with van der Waals surface area (Å²) in [5.41, 5.74) is 4.35. The van der Waals surface area contributed by atoms with Gasteiger partial charge < -0.3 is 5.73 Å². The van der Waals surface area contributed by atoms with Gasteiger partial charge in [-0.25, -0.2) is 0 Å². The minimum absolute atomic E-state index is 0.0786. The number of hydrogen-bond donors (Lipinski definition) is 1. The van der Waals surface area contributed by atoms with Gasteiger partial charge in [-0.05, 0) is 25.0 Å². The maximum absolute atomic E-state index is 12.5. The van der Waals surface area contributed by atoms with Gasteiger partial charge in [0.05, 0.1) is 11.1 Å². The van der Waals surface area contributed by atoms with Crippen LogP contribution in [0.1, 0.15) is 31.4 Å². The van der Waals surface area contributed by atoms with Crippen molar-refractivity contribution in [2.75, 3.05) is 0 Å². The van der Waals surface area contributed by atoms with Crippen LogP contribution in [0.15, 0.2) is 24.3 Å². The molecule has 0 aliphatic heterocycles. The Balaban J connectivity index is 2.90. The van der Waals surface area contributed by atoms with E-state index in [0.717, 1.165) is 12.1 Å². The highest BCUT2D eigenvalue weighted by Crippen LogP contribution is 2.29. The molecule has 0 fully saturated rings. The Labute approximate surface area is 104 Å². The third-order valence-electron chi connectivity index (χ3n) is 2.99. The molecule has 1 atom stereocenters. The Hall–Kier alpha value is -1.36. The summed E-state index contributed by atoms with van der Waals surface area (Å²) in [4.78, 5) is 11.8. The number of Topliss-reactive ketones (excluding diaryl/α,β-unsaturated/α-hetero) is 1. The number of halogens is 3. The topological polar surface area (TPSA) is 43.1 Å². The highest BCUT2D eigenvalue weighted by atomic mass is 19.4. The molecule has 0 spiro atoms. The van der Waals surface area contributed by atoms with Crippen LogP contribution >= 0.6 is 0 Å². The van der Waals surface area contributed by atoms with Gasteiger partial charge in [0, 0.05) is 6.42 Å². The van der Waals surface area contributed by atoms with Crippen molar-refractivity contribution in [3.63, 3.8) is 0 Å². The standard InChI is InChI=1S/C13H16F3NO/c1-3-12(2,17)11(18)8-9-5-4-6-10(7-9)13(14,15)16/h4-7H,3,8,17H2,1-2H3. The number of benzene rings is 1. The number of nitrogens with two attached hydrogens (primary N) is 1. The number of rotatable bonds is 4. The minimum Gasteiger partial charge on any atom is -0.319 e. The first kappa shape index (κ1) is 14.7. The van der Waals surface area contributed by atoms with Gasteiger partial charge >= 0.3 is 6.18 Å². The molecule has 1 aromatic rings. The molecule has 0 radical (unpaired) electrons. The molecule has 18 heavy (non-hydrogen) atoms. The second-order valence-electron chi connectivity index (χ2n) is 4.57. The highest BCUT2D eigenvalue weighted by Gasteiger charge is 2.31. The summed E-state index contributed by atoms with van der Waals surface area (Å²) < 4.78 is 37.5. The van der Waals surface area contributed by atoms with Gasteiger partial charge in [0.2, 0.25) is 0 Å². The van der Waals surface area contributed by atoms with Gasteiger partial charge in [-0.3, -0.25) is 4.79 Å². The second kappa shape index (κ2) is 5.10. The first-order chi connectivity index (χ1) is 8.16. The summed E-state index contributed by atoms with van der Waals surface area (Å²) in [6.07, 6.45) is -4.02. The zero-order chi connectivity index (χ0) is 14.0. The second-order valence-corrected chi connectivity index (χ2v) is 4.57. The lowest BCUT2D eigenvalue weighted by molar-refractivity contribution is -0.137. The van der Waals surface area contributed by atoms with Crippen molar-refractivity contribution in [2.45, 2.75) is 38.4 Å². The van der Waals surface area contributed by atoms with Crippen molar-refractivity contribution in [3.05, 3.63) is 35.4 Å². The average molecular weight is 259 g/mol. The molecular weight excluding hydrogens is 243 g/mol. The molecule has 0 aromatic heterocycles. The lowest BCUT2D eigenvalue weighted by Gasteiger charge is -2.21. The van der Waals surface area contributed by atoms with E-state index in [2.05, 4.69) is 0 Å². The summed E-state index contributed by atoms with van der Waals surface area (Å²) in [7, 11) is 0. The van der Waals surface area contributed by atoms with Crippen LogP contribution in [-0.4, -0.2) is 11.3 Å². The molecule has 1 rings (SSSR count). The van der Waals surface area contributed by atoms with Crippen molar-refractivity contribution in [3.8, 4) is 0 Å². The number of hydrogen-bond acceptors (Lipinski definition) is 2. The van der Waals surface area contributed by atoms with E-state index in [-0.39, 0.29) is 12.2 Å². The Kier molecular flexibility index (Phi) is 4.16. The lowest BCUT2D eigenvalue weighted by Crippen LogP contribution is -2.45. The van der Waals surface area contributed by atoms with Crippen LogP contribution in [0.5, 0.6) is 0 Å². The zero-order valence-electron chi connectivity index (χ0n) is 10.3. The molecule has 0 aliphatic carbocycles. The third kappa shape index (κ3) is 3.57. The van der Waals surface area contributed by atoms with Gasteiger partial charge in [0.15, 0.2) is 5.78 Å². The predicted octanol–water partition coefficient (Wildman–Crippen LogP) is 2.94. The van der Waals surface area contributed by atoms with Crippen LogP contribution in [0.3, 0.4) is 0 Å².